The van der Waals surface area contributed by atoms with E-state index in [2.05, 4.69) is 15.5 Å². The molecule has 3 rings (SSSR count). The summed E-state index contributed by atoms with van der Waals surface area (Å²) >= 11 is 5.95. The van der Waals surface area contributed by atoms with Gasteiger partial charge in [0.2, 0.25) is 5.91 Å². The van der Waals surface area contributed by atoms with Gasteiger partial charge in [-0.15, -0.1) is 0 Å². The lowest BCUT2D eigenvalue weighted by Crippen LogP contribution is -2.37. The van der Waals surface area contributed by atoms with Crippen molar-refractivity contribution in [2.75, 3.05) is 18.4 Å². The summed E-state index contributed by atoms with van der Waals surface area (Å²) in [5.74, 6) is -0.396. The van der Waals surface area contributed by atoms with Crippen molar-refractivity contribution >= 4 is 29.1 Å². The van der Waals surface area contributed by atoms with Gasteiger partial charge in [0, 0.05) is 26.3 Å². The fourth-order valence-electron chi connectivity index (χ4n) is 2.94. The summed E-state index contributed by atoms with van der Waals surface area (Å²) in [5, 5.41) is 11.5. The zero-order chi connectivity index (χ0) is 18.0. The van der Waals surface area contributed by atoms with Gasteiger partial charge in [-0.3, -0.25) is 19.0 Å². The normalized spacial score (nSPS) is 14.6. The van der Waals surface area contributed by atoms with E-state index in [1.807, 2.05) is 4.90 Å². The summed E-state index contributed by atoms with van der Waals surface area (Å²) in [5.41, 5.74) is 1.47. The predicted octanol–water partition coefficient (Wildman–Crippen LogP) is 1.84. The molecule has 8 nitrogen and oxygen atoms in total. The minimum atomic E-state index is -0.292. The molecule has 1 fully saturated rings. The number of aromatic nitrogens is 4. The lowest BCUT2D eigenvalue weighted by Gasteiger charge is -2.27. The van der Waals surface area contributed by atoms with Crippen molar-refractivity contribution in [3.63, 3.8) is 0 Å². The Labute approximate surface area is 150 Å². The van der Waals surface area contributed by atoms with Crippen LogP contribution in [0.5, 0.6) is 0 Å². The molecule has 0 radical (unpaired) electrons. The zero-order valence-electron chi connectivity index (χ0n) is 14.3. The third kappa shape index (κ3) is 3.84. The third-order valence-electron chi connectivity index (χ3n) is 4.25. The maximum atomic E-state index is 12.8. The van der Waals surface area contributed by atoms with Crippen LogP contribution in [-0.4, -0.2) is 49.4 Å². The average molecular weight is 365 g/mol. The number of amides is 2. The lowest BCUT2D eigenvalue weighted by molar-refractivity contribution is -0.116. The Balaban J connectivity index is 1.72. The molecule has 3 heterocycles. The van der Waals surface area contributed by atoms with Crippen LogP contribution >= 0.6 is 11.6 Å². The highest BCUT2D eigenvalue weighted by atomic mass is 35.5. The average Bonchev–Trinajstić information content (AvgIpc) is 3.09. The van der Waals surface area contributed by atoms with Gasteiger partial charge < -0.3 is 10.2 Å². The third-order valence-corrected chi connectivity index (χ3v) is 4.62. The van der Waals surface area contributed by atoms with E-state index in [0.29, 0.717) is 22.1 Å². The molecule has 1 aliphatic heterocycles. The molecule has 0 aliphatic carbocycles. The Hall–Kier alpha value is -2.35. The second-order valence-corrected chi connectivity index (χ2v) is 6.60. The van der Waals surface area contributed by atoms with Crippen LogP contribution in [0.2, 0.25) is 5.02 Å². The summed E-state index contributed by atoms with van der Waals surface area (Å²) in [7, 11) is 1.70. The second kappa shape index (κ2) is 7.26. The molecule has 1 N–H and O–H groups in total. The van der Waals surface area contributed by atoms with Gasteiger partial charge in [-0.1, -0.05) is 11.6 Å². The largest absolute Gasteiger partial charge is 0.337 e. The van der Waals surface area contributed by atoms with Crippen molar-refractivity contribution in [1.29, 1.82) is 0 Å². The maximum Gasteiger partial charge on any atom is 0.274 e. The summed E-state index contributed by atoms with van der Waals surface area (Å²) in [4.78, 5) is 26.9. The molecule has 134 valence electrons. The summed E-state index contributed by atoms with van der Waals surface area (Å²) < 4.78 is 2.97. The number of hydrogen-bond donors (Lipinski definition) is 1. The van der Waals surface area contributed by atoms with Gasteiger partial charge in [0.25, 0.3) is 5.91 Å². The summed E-state index contributed by atoms with van der Waals surface area (Å²) in [6, 6.07) is 0. The number of likely N-dealkylation sites (tertiary alicyclic amines) is 1. The van der Waals surface area contributed by atoms with Gasteiger partial charge in [-0.05, 0) is 26.2 Å². The topological polar surface area (TPSA) is 85.0 Å². The van der Waals surface area contributed by atoms with Gasteiger partial charge in [-0.2, -0.15) is 10.2 Å². The van der Waals surface area contributed by atoms with E-state index >= 15 is 0 Å². The molecule has 2 aromatic heterocycles. The van der Waals surface area contributed by atoms with Crippen molar-refractivity contribution < 1.29 is 9.59 Å². The number of halogens is 1. The first-order valence-corrected chi connectivity index (χ1v) is 8.64. The monoisotopic (exact) mass is 364 g/mol. The Morgan fingerprint density at radius 2 is 2.00 bits per heavy atom. The van der Waals surface area contributed by atoms with Crippen LogP contribution in [0.25, 0.3) is 0 Å². The summed E-state index contributed by atoms with van der Waals surface area (Å²) in [6.45, 7) is 3.26. The van der Waals surface area contributed by atoms with Gasteiger partial charge >= 0.3 is 0 Å². The number of piperidine rings is 1. The predicted molar refractivity (Wildman–Crippen MR) is 93.6 cm³/mol. The first-order chi connectivity index (χ1) is 12.0. The molecular formula is C16H21ClN6O2. The molecule has 0 aromatic carbocycles. The number of aryl methyl sites for hydroxylation is 2. The maximum absolute atomic E-state index is 12.8. The summed E-state index contributed by atoms with van der Waals surface area (Å²) in [6.07, 6.45) is 6.25. The smallest absolute Gasteiger partial charge is 0.274 e. The van der Waals surface area contributed by atoms with Gasteiger partial charge in [0.1, 0.15) is 12.2 Å². The van der Waals surface area contributed by atoms with Crippen LogP contribution in [-0.2, 0) is 18.4 Å². The van der Waals surface area contributed by atoms with Crippen LogP contribution in [0.1, 0.15) is 35.4 Å². The molecule has 0 spiro atoms. The molecule has 1 aliphatic rings. The number of rotatable bonds is 4. The van der Waals surface area contributed by atoms with E-state index in [1.54, 1.807) is 20.2 Å². The van der Waals surface area contributed by atoms with Crippen LogP contribution in [0, 0.1) is 6.92 Å². The molecular weight excluding hydrogens is 344 g/mol. The Bertz CT molecular complexity index is 771. The van der Waals surface area contributed by atoms with Crippen molar-refractivity contribution in [2.24, 2.45) is 7.05 Å². The van der Waals surface area contributed by atoms with E-state index in [-0.39, 0.29) is 18.4 Å². The van der Waals surface area contributed by atoms with E-state index in [9.17, 15) is 9.59 Å². The van der Waals surface area contributed by atoms with E-state index < -0.39 is 0 Å². The van der Waals surface area contributed by atoms with Crippen molar-refractivity contribution in [3.8, 4) is 0 Å². The molecule has 2 amide bonds. The quantitative estimate of drug-likeness (QED) is 0.897. The highest BCUT2D eigenvalue weighted by Crippen LogP contribution is 2.20. The Kier molecular flexibility index (Phi) is 5.08. The van der Waals surface area contributed by atoms with E-state index in [0.717, 1.165) is 32.4 Å². The fraction of sp³-hybridized carbons (Fsp3) is 0.500. The number of hydrogen-bond acceptors (Lipinski definition) is 4. The molecule has 2 aromatic rings. The van der Waals surface area contributed by atoms with Crippen LogP contribution in [0.3, 0.4) is 0 Å². The molecule has 0 saturated carbocycles. The Morgan fingerprint density at radius 3 is 2.64 bits per heavy atom. The minimum Gasteiger partial charge on any atom is -0.337 e. The number of carbonyl (C=O) groups excluding carboxylic acids is 2. The van der Waals surface area contributed by atoms with Crippen molar-refractivity contribution in [3.05, 3.63) is 28.8 Å². The first kappa shape index (κ1) is 17.5. The van der Waals surface area contributed by atoms with Gasteiger partial charge in [0.05, 0.1) is 22.6 Å². The van der Waals surface area contributed by atoms with Crippen molar-refractivity contribution in [2.45, 2.75) is 32.7 Å². The minimum absolute atomic E-state index is 0.0137. The molecule has 9 heteroatoms. The van der Waals surface area contributed by atoms with Gasteiger partial charge in [0.15, 0.2) is 0 Å². The fourth-order valence-corrected chi connectivity index (χ4v) is 3.09. The van der Waals surface area contributed by atoms with Crippen LogP contribution in [0.15, 0.2) is 12.4 Å². The molecule has 1 saturated heterocycles. The zero-order valence-corrected chi connectivity index (χ0v) is 15.1. The molecule has 0 unspecified atom stereocenters. The van der Waals surface area contributed by atoms with E-state index in [4.69, 9.17) is 11.6 Å². The van der Waals surface area contributed by atoms with Crippen LogP contribution in [0.4, 0.5) is 5.69 Å². The van der Waals surface area contributed by atoms with Crippen LogP contribution < -0.4 is 5.32 Å². The number of nitrogens with one attached hydrogen (secondary N) is 1. The number of carbonyl (C=O) groups is 2. The van der Waals surface area contributed by atoms with Crippen molar-refractivity contribution in [1.82, 2.24) is 24.5 Å². The second-order valence-electron chi connectivity index (χ2n) is 6.19. The van der Waals surface area contributed by atoms with E-state index in [1.165, 1.54) is 15.6 Å². The lowest BCUT2D eigenvalue weighted by atomic mass is 10.1. The van der Waals surface area contributed by atoms with Gasteiger partial charge in [-0.25, -0.2) is 0 Å². The molecule has 25 heavy (non-hydrogen) atoms. The standard InChI is InChI=1S/C16H21ClN6O2/c1-11-12(17)9-23(20-11)10-14(24)19-13-8-18-21(2)15(13)16(25)22-6-4-3-5-7-22/h8-9H,3-7,10H2,1-2H3,(H,19,24). The highest BCUT2D eigenvalue weighted by Gasteiger charge is 2.25. The first-order valence-electron chi connectivity index (χ1n) is 8.26. The molecule has 0 atom stereocenters. The highest BCUT2D eigenvalue weighted by molar-refractivity contribution is 6.31. The SMILES string of the molecule is Cc1nn(CC(=O)Nc2cnn(C)c2C(=O)N2CCCCC2)cc1Cl. The molecule has 0 bridgehead atoms. The number of anilines is 1. The number of nitrogens with zero attached hydrogens (tertiary/aromatic N) is 5. The Morgan fingerprint density at radius 1 is 1.28 bits per heavy atom.